The Bertz CT molecular complexity index is 774. The minimum absolute atomic E-state index is 0.162. The standard InChI is InChI=1S/C18H19N5/c1-13-11-17(22-18(21-13)16-8-4-5-10-20-16)23(3)14(2)15-7-6-9-19-12-15/h4-12,14H,1-3H3/t14-/m1/s1. The summed E-state index contributed by atoms with van der Waals surface area (Å²) < 4.78 is 0. The normalized spacial score (nSPS) is 12.0. The van der Waals surface area contributed by atoms with Crippen LogP contribution in [0.3, 0.4) is 0 Å². The van der Waals surface area contributed by atoms with Crippen LogP contribution in [0.5, 0.6) is 0 Å². The lowest BCUT2D eigenvalue weighted by atomic mass is 10.1. The van der Waals surface area contributed by atoms with Gasteiger partial charge in [0.25, 0.3) is 0 Å². The number of rotatable bonds is 4. The topological polar surface area (TPSA) is 54.8 Å². The van der Waals surface area contributed by atoms with E-state index in [0.717, 1.165) is 22.8 Å². The van der Waals surface area contributed by atoms with Crippen LogP contribution in [-0.2, 0) is 0 Å². The molecule has 0 spiro atoms. The Morgan fingerprint density at radius 3 is 2.61 bits per heavy atom. The first-order valence-corrected chi connectivity index (χ1v) is 7.55. The summed E-state index contributed by atoms with van der Waals surface area (Å²) >= 11 is 0. The van der Waals surface area contributed by atoms with Gasteiger partial charge in [0.05, 0.1) is 6.04 Å². The first kappa shape index (κ1) is 15.1. The molecular weight excluding hydrogens is 286 g/mol. The van der Waals surface area contributed by atoms with Crippen LogP contribution < -0.4 is 4.90 Å². The van der Waals surface area contributed by atoms with Crippen molar-refractivity contribution in [1.82, 2.24) is 19.9 Å². The van der Waals surface area contributed by atoms with Gasteiger partial charge in [-0.05, 0) is 37.6 Å². The van der Waals surface area contributed by atoms with E-state index in [0.29, 0.717) is 5.82 Å². The minimum atomic E-state index is 0.162. The molecule has 0 saturated carbocycles. The van der Waals surface area contributed by atoms with Gasteiger partial charge in [-0.2, -0.15) is 0 Å². The van der Waals surface area contributed by atoms with Crippen molar-refractivity contribution >= 4 is 5.82 Å². The summed E-state index contributed by atoms with van der Waals surface area (Å²) in [6.07, 6.45) is 5.42. The molecule has 5 nitrogen and oxygen atoms in total. The highest BCUT2D eigenvalue weighted by Gasteiger charge is 2.15. The van der Waals surface area contributed by atoms with Gasteiger partial charge in [-0.25, -0.2) is 9.97 Å². The molecule has 0 aliphatic rings. The predicted octanol–water partition coefficient (Wildman–Crippen LogP) is 3.44. The van der Waals surface area contributed by atoms with E-state index in [1.807, 2.05) is 50.5 Å². The lowest BCUT2D eigenvalue weighted by molar-refractivity contribution is 0.723. The predicted molar refractivity (Wildman–Crippen MR) is 91.1 cm³/mol. The third-order valence-corrected chi connectivity index (χ3v) is 3.84. The third-order valence-electron chi connectivity index (χ3n) is 3.84. The van der Waals surface area contributed by atoms with Crippen molar-refractivity contribution in [3.8, 4) is 11.5 Å². The Morgan fingerprint density at radius 2 is 1.91 bits per heavy atom. The Hall–Kier alpha value is -2.82. The summed E-state index contributed by atoms with van der Waals surface area (Å²) in [6.45, 7) is 4.11. The molecule has 3 aromatic rings. The number of aryl methyl sites for hydroxylation is 1. The van der Waals surface area contributed by atoms with Gasteiger partial charge in [0, 0.05) is 37.4 Å². The van der Waals surface area contributed by atoms with Crippen molar-refractivity contribution in [1.29, 1.82) is 0 Å². The molecule has 116 valence electrons. The Kier molecular flexibility index (Phi) is 4.28. The monoisotopic (exact) mass is 305 g/mol. The quantitative estimate of drug-likeness (QED) is 0.739. The van der Waals surface area contributed by atoms with Crippen LogP contribution in [0.25, 0.3) is 11.5 Å². The lowest BCUT2D eigenvalue weighted by Crippen LogP contribution is -2.23. The van der Waals surface area contributed by atoms with Crippen molar-refractivity contribution in [3.63, 3.8) is 0 Å². The van der Waals surface area contributed by atoms with Crippen molar-refractivity contribution in [2.45, 2.75) is 19.9 Å². The molecule has 0 unspecified atom stereocenters. The van der Waals surface area contributed by atoms with E-state index in [1.54, 1.807) is 12.4 Å². The molecule has 5 heteroatoms. The van der Waals surface area contributed by atoms with Crippen LogP contribution >= 0.6 is 0 Å². The van der Waals surface area contributed by atoms with Crippen molar-refractivity contribution in [2.75, 3.05) is 11.9 Å². The van der Waals surface area contributed by atoms with Gasteiger partial charge < -0.3 is 4.90 Å². The molecule has 0 radical (unpaired) electrons. The summed E-state index contributed by atoms with van der Waals surface area (Å²) in [5.74, 6) is 1.51. The van der Waals surface area contributed by atoms with E-state index >= 15 is 0 Å². The summed E-state index contributed by atoms with van der Waals surface area (Å²) in [5, 5.41) is 0. The Balaban J connectivity index is 1.95. The lowest BCUT2D eigenvalue weighted by Gasteiger charge is -2.26. The van der Waals surface area contributed by atoms with Crippen LogP contribution in [0.15, 0.2) is 55.0 Å². The average Bonchev–Trinajstić information content (AvgIpc) is 2.61. The van der Waals surface area contributed by atoms with Gasteiger partial charge in [-0.15, -0.1) is 0 Å². The molecule has 3 heterocycles. The van der Waals surface area contributed by atoms with E-state index in [1.165, 1.54) is 0 Å². The van der Waals surface area contributed by atoms with Crippen molar-refractivity contribution < 1.29 is 0 Å². The number of nitrogens with zero attached hydrogens (tertiary/aromatic N) is 5. The fraction of sp³-hybridized carbons (Fsp3) is 0.222. The van der Waals surface area contributed by atoms with Gasteiger partial charge in [0.1, 0.15) is 11.5 Å². The number of anilines is 1. The van der Waals surface area contributed by atoms with Crippen LogP contribution in [0, 0.1) is 6.92 Å². The second kappa shape index (κ2) is 6.52. The zero-order valence-corrected chi connectivity index (χ0v) is 13.5. The van der Waals surface area contributed by atoms with Gasteiger partial charge in [0.15, 0.2) is 5.82 Å². The molecule has 0 fully saturated rings. The largest absolute Gasteiger partial charge is 0.353 e. The average molecular weight is 305 g/mol. The van der Waals surface area contributed by atoms with Gasteiger partial charge in [0.2, 0.25) is 0 Å². The Labute approximate surface area is 136 Å². The highest BCUT2D eigenvalue weighted by molar-refractivity contribution is 5.54. The maximum Gasteiger partial charge on any atom is 0.180 e. The van der Waals surface area contributed by atoms with Gasteiger partial charge >= 0.3 is 0 Å². The molecular formula is C18H19N5. The third kappa shape index (κ3) is 3.34. The zero-order valence-electron chi connectivity index (χ0n) is 13.5. The highest BCUT2D eigenvalue weighted by Crippen LogP contribution is 2.25. The number of aromatic nitrogens is 4. The fourth-order valence-electron chi connectivity index (χ4n) is 2.39. The summed E-state index contributed by atoms with van der Waals surface area (Å²) in [4.78, 5) is 19.8. The molecule has 1 atom stereocenters. The number of hydrogen-bond acceptors (Lipinski definition) is 5. The van der Waals surface area contributed by atoms with Gasteiger partial charge in [-0.1, -0.05) is 12.1 Å². The summed E-state index contributed by atoms with van der Waals surface area (Å²) in [6, 6.07) is 11.9. The van der Waals surface area contributed by atoms with Crippen LogP contribution in [0.2, 0.25) is 0 Å². The second-order valence-electron chi connectivity index (χ2n) is 5.48. The molecule has 0 aliphatic heterocycles. The highest BCUT2D eigenvalue weighted by atomic mass is 15.2. The van der Waals surface area contributed by atoms with E-state index in [9.17, 15) is 0 Å². The fourth-order valence-corrected chi connectivity index (χ4v) is 2.39. The first-order valence-electron chi connectivity index (χ1n) is 7.55. The molecule has 0 amide bonds. The summed E-state index contributed by atoms with van der Waals surface area (Å²) in [7, 11) is 2.03. The van der Waals surface area contributed by atoms with Crippen molar-refractivity contribution in [2.24, 2.45) is 0 Å². The zero-order chi connectivity index (χ0) is 16.2. The molecule has 0 aromatic carbocycles. The van der Waals surface area contributed by atoms with Gasteiger partial charge in [-0.3, -0.25) is 9.97 Å². The molecule has 3 rings (SSSR count). The first-order chi connectivity index (χ1) is 11.1. The van der Waals surface area contributed by atoms with Crippen LogP contribution in [0.4, 0.5) is 5.82 Å². The van der Waals surface area contributed by atoms with Crippen LogP contribution in [-0.4, -0.2) is 27.0 Å². The molecule has 0 saturated heterocycles. The van der Waals surface area contributed by atoms with E-state index < -0.39 is 0 Å². The van der Waals surface area contributed by atoms with E-state index in [-0.39, 0.29) is 6.04 Å². The minimum Gasteiger partial charge on any atom is -0.353 e. The summed E-state index contributed by atoms with van der Waals surface area (Å²) in [5.41, 5.74) is 2.84. The molecule has 0 bridgehead atoms. The van der Waals surface area contributed by atoms with Crippen LogP contribution in [0.1, 0.15) is 24.2 Å². The number of hydrogen-bond donors (Lipinski definition) is 0. The van der Waals surface area contributed by atoms with Crippen molar-refractivity contribution in [3.05, 3.63) is 66.2 Å². The smallest absolute Gasteiger partial charge is 0.180 e. The van der Waals surface area contributed by atoms with E-state index in [4.69, 9.17) is 0 Å². The van der Waals surface area contributed by atoms with E-state index in [2.05, 4.69) is 37.8 Å². The molecule has 3 aromatic heterocycles. The second-order valence-corrected chi connectivity index (χ2v) is 5.48. The Morgan fingerprint density at radius 1 is 1.04 bits per heavy atom. The number of pyridine rings is 2. The maximum absolute atomic E-state index is 4.68. The molecule has 0 N–H and O–H groups in total. The SMILES string of the molecule is Cc1cc(N(C)[C@H](C)c2cccnc2)nc(-c2ccccn2)n1. The maximum atomic E-state index is 4.68. The molecule has 23 heavy (non-hydrogen) atoms. The molecule has 0 aliphatic carbocycles.